The third-order valence-corrected chi connectivity index (χ3v) is 8.48. The molecule has 0 aliphatic heterocycles. The summed E-state index contributed by atoms with van der Waals surface area (Å²) in [5.41, 5.74) is 1.73. The molecule has 7 nitrogen and oxygen atoms in total. The molecular weight excluding hydrogens is 608 g/mol. The number of alkyl halides is 2. The SMILES string of the molecule is COCN(O)c1cc(C)ccc1NC(=O)c1cc(NCC2(C=O)C(c3cc(Cl)cc(Cl)c3)C2(Cl)Cl)ccc1Cl. The number of ether oxygens (including phenoxy) is 1. The number of aldehydes is 1. The molecule has 206 valence electrons. The Balaban J connectivity index is 1.54. The Morgan fingerprint density at radius 3 is 2.41 bits per heavy atom. The normalized spacial score (nSPS) is 19.3. The molecule has 3 N–H and O–H groups in total. The number of hydrogen-bond acceptors (Lipinski definition) is 6. The van der Waals surface area contributed by atoms with E-state index in [2.05, 4.69) is 10.6 Å². The average molecular weight is 632 g/mol. The van der Waals surface area contributed by atoms with Gasteiger partial charge in [0.15, 0.2) is 0 Å². The van der Waals surface area contributed by atoms with E-state index in [4.69, 9.17) is 62.7 Å². The van der Waals surface area contributed by atoms with Crippen molar-refractivity contribution in [2.75, 3.05) is 36.1 Å². The maximum Gasteiger partial charge on any atom is 0.257 e. The van der Waals surface area contributed by atoms with Crippen molar-refractivity contribution in [3.63, 3.8) is 0 Å². The Bertz CT molecular complexity index is 1400. The lowest BCUT2D eigenvalue weighted by Crippen LogP contribution is -2.24. The summed E-state index contributed by atoms with van der Waals surface area (Å²) in [6, 6.07) is 14.9. The number of anilines is 3. The van der Waals surface area contributed by atoms with Gasteiger partial charge in [-0.15, -0.1) is 0 Å². The first-order chi connectivity index (χ1) is 18.4. The van der Waals surface area contributed by atoms with Crippen molar-refractivity contribution in [2.45, 2.75) is 17.2 Å². The molecular formula is C27H24Cl5N3O4. The molecule has 3 aromatic rings. The summed E-state index contributed by atoms with van der Waals surface area (Å²) in [4.78, 5) is 25.5. The van der Waals surface area contributed by atoms with Crippen molar-refractivity contribution in [3.05, 3.63) is 86.4 Å². The Hall–Kier alpha value is -2.23. The number of benzene rings is 3. The molecule has 0 saturated heterocycles. The minimum atomic E-state index is -1.40. The highest BCUT2D eigenvalue weighted by atomic mass is 35.5. The summed E-state index contributed by atoms with van der Waals surface area (Å²) in [5, 5.41) is 18.1. The smallest absolute Gasteiger partial charge is 0.257 e. The third kappa shape index (κ3) is 5.95. The van der Waals surface area contributed by atoms with Crippen LogP contribution < -0.4 is 15.7 Å². The summed E-state index contributed by atoms with van der Waals surface area (Å²) in [7, 11) is 1.44. The van der Waals surface area contributed by atoms with Crippen LogP contribution >= 0.6 is 58.0 Å². The van der Waals surface area contributed by atoms with Crippen molar-refractivity contribution in [1.82, 2.24) is 0 Å². The van der Waals surface area contributed by atoms with E-state index in [-0.39, 0.29) is 23.9 Å². The Morgan fingerprint density at radius 1 is 1.08 bits per heavy atom. The molecule has 0 spiro atoms. The number of hydroxylamine groups is 1. The molecule has 4 rings (SSSR count). The number of amides is 1. The lowest BCUT2D eigenvalue weighted by molar-refractivity contribution is -0.112. The van der Waals surface area contributed by atoms with E-state index in [1.807, 2.05) is 6.92 Å². The number of halogens is 5. The lowest BCUT2D eigenvalue weighted by Gasteiger charge is -2.20. The predicted octanol–water partition coefficient (Wildman–Crippen LogP) is 7.58. The zero-order valence-corrected chi connectivity index (χ0v) is 24.6. The molecule has 12 heteroatoms. The van der Waals surface area contributed by atoms with Gasteiger partial charge in [0.1, 0.15) is 17.4 Å². The zero-order chi connectivity index (χ0) is 28.5. The number of carbonyl (C=O) groups is 2. The number of carbonyl (C=O) groups excluding carboxylic acids is 2. The van der Waals surface area contributed by atoms with Crippen LogP contribution in [-0.4, -0.2) is 42.1 Å². The fraction of sp³-hybridized carbons (Fsp3) is 0.259. The summed E-state index contributed by atoms with van der Waals surface area (Å²) < 4.78 is 3.58. The van der Waals surface area contributed by atoms with Gasteiger partial charge in [-0.05, 0) is 66.6 Å². The van der Waals surface area contributed by atoms with Gasteiger partial charge in [0, 0.05) is 35.3 Å². The number of rotatable bonds is 10. The second-order valence-electron chi connectivity index (χ2n) is 9.26. The van der Waals surface area contributed by atoms with Crippen LogP contribution in [0.4, 0.5) is 17.1 Å². The van der Waals surface area contributed by atoms with E-state index in [0.29, 0.717) is 32.7 Å². The Labute approximate surface area is 250 Å². The van der Waals surface area contributed by atoms with Gasteiger partial charge in [0.05, 0.1) is 27.4 Å². The second-order valence-corrected chi connectivity index (χ2v) is 11.9. The van der Waals surface area contributed by atoms with Gasteiger partial charge in [-0.1, -0.05) is 64.1 Å². The quantitative estimate of drug-likeness (QED) is 0.0926. The summed E-state index contributed by atoms with van der Waals surface area (Å²) in [6.07, 6.45) is 0.725. The number of nitrogens with zero attached hydrogens (tertiary/aromatic N) is 1. The largest absolute Gasteiger partial charge is 0.384 e. The average Bonchev–Trinajstić information content (AvgIpc) is 3.38. The van der Waals surface area contributed by atoms with Crippen LogP contribution in [-0.2, 0) is 9.53 Å². The van der Waals surface area contributed by atoms with Crippen molar-refractivity contribution >= 4 is 87.3 Å². The van der Waals surface area contributed by atoms with Crippen molar-refractivity contribution in [2.24, 2.45) is 5.41 Å². The number of hydrogen-bond donors (Lipinski definition) is 3. The third-order valence-electron chi connectivity index (χ3n) is 6.57. The summed E-state index contributed by atoms with van der Waals surface area (Å²) >= 11 is 31.8. The maximum atomic E-state index is 13.2. The van der Waals surface area contributed by atoms with Gasteiger partial charge in [-0.2, -0.15) is 0 Å². The Morgan fingerprint density at radius 2 is 1.77 bits per heavy atom. The van der Waals surface area contributed by atoms with Gasteiger partial charge in [-0.3, -0.25) is 10.0 Å². The summed E-state index contributed by atoms with van der Waals surface area (Å²) in [6.45, 7) is 1.82. The van der Waals surface area contributed by atoms with Crippen molar-refractivity contribution in [3.8, 4) is 0 Å². The van der Waals surface area contributed by atoms with Crippen LogP contribution in [0.3, 0.4) is 0 Å². The molecule has 0 heterocycles. The summed E-state index contributed by atoms with van der Waals surface area (Å²) in [5.74, 6) is -1.07. The topological polar surface area (TPSA) is 90.9 Å². The Kier molecular flexibility index (Phi) is 8.93. The fourth-order valence-corrected chi connectivity index (χ4v) is 6.25. The van der Waals surface area contributed by atoms with Gasteiger partial charge in [-0.25, -0.2) is 5.06 Å². The van der Waals surface area contributed by atoms with Crippen LogP contribution in [0.2, 0.25) is 15.1 Å². The first-order valence-electron chi connectivity index (χ1n) is 11.6. The molecule has 39 heavy (non-hydrogen) atoms. The molecule has 1 amide bonds. The predicted molar refractivity (Wildman–Crippen MR) is 157 cm³/mol. The molecule has 2 atom stereocenters. The van der Waals surface area contributed by atoms with Crippen molar-refractivity contribution < 1.29 is 19.5 Å². The van der Waals surface area contributed by atoms with Crippen LogP contribution in [0.25, 0.3) is 0 Å². The minimum Gasteiger partial charge on any atom is -0.384 e. The highest BCUT2D eigenvalue weighted by molar-refractivity contribution is 6.54. The number of methoxy groups -OCH3 is 1. The van der Waals surface area contributed by atoms with Gasteiger partial charge >= 0.3 is 0 Å². The molecule has 2 unspecified atom stereocenters. The van der Waals surface area contributed by atoms with E-state index in [0.717, 1.165) is 16.9 Å². The zero-order valence-electron chi connectivity index (χ0n) is 20.8. The minimum absolute atomic E-state index is 0.0690. The molecule has 0 bridgehead atoms. The molecule has 1 aliphatic rings. The highest BCUT2D eigenvalue weighted by Gasteiger charge is 2.76. The van der Waals surface area contributed by atoms with E-state index in [1.54, 1.807) is 54.6 Å². The number of nitrogens with one attached hydrogen (secondary N) is 2. The van der Waals surface area contributed by atoms with Gasteiger partial charge < -0.3 is 20.2 Å². The van der Waals surface area contributed by atoms with Gasteiger partial charge in [0.2, 0.25) is 0 Å². The van der Waals surface area contributed by atoms with E-state index >= 15 is 0 Å². The highest BCUT2D eigenvalue weighted by Crippen LogP contribution is 2.73. The monoisotopic (exact) mass is 629 g/mol. The van der Waals surface area contributed by atoms with E-state index in [1.165, 1.54) is 7.11 Å². The fourth-order valence-electron chi connectivity index (χ4n) is 4.53. The van der Waals surface area contributed by atoms with Crippen LogP contribution in [0, 0.1) is 12.3 Å². The molecule has 0 aromatic heterocycles. The van der Waals surface area contributed by atoms with E-state index in [9.17, 15) is 14.8 Å². The maximum absolute atomic E-state index is 13.2. The molecule has 1 saturated carbocycles. The standard InChI is InChI=1S/C27H24Cl5N3O4/c1-15-3-6-22(23(7-15)35(38)14-39-2)34-25(37)20-11-19(4-5-21(20)30)33-12-26(13-36)24(27(26,31)32)16-8-17(28)10-18(29)9-16/h3-11,13,24,33,38H,12,14H2,1-2H3,(H,34,37). The first kappa shape index (κ1) is 29.7. The van der Waals surface area contributed by atoms with Gasteiger partial charge in [0.25, 0.3) is 5.91 Å². The first-order valence-corrected chi connectivity index (χ1v) is 13.5. The van der Waals surface area contributed by atoms with Crippen LogP contribution in [0.1, 0.15) is 27.4 Å². The van der Waals surface area contributed by atoms with Crippen molar-refractivity contribution in [1.29, 1.82) is 0 Å². The lowest BCUT2D eigenvalue weighted by atomic mass is 10.00. The number of aryl methyl sites for hydroxylation is 1. The molecule has 0 radical (unpaired) electrons. The van der Waals surface area contributed by atoms with Crippen LogP contribution in [0.15, 0.2) is 54.6 Å². The van der Waals surface area contributed by atoms with E-state index < -0.39 is 21.6 Å². The molecule has 3 aromatic carbocycles. The molecule has 1 fully saturated rings. The van der Waals surface area contributed by atoms with Crippen LogP contribution in [0.5, 0.6) is 0 Å². The molecule has 1 aliphatic carbocycles. The second kappa shape index (κ2) is 11.7.